The summed E-state index contributed by atoms with van der Waals surface area (Å²) in [5.74, 6) is 2.59. The van der Waals surface area contributed by atoms with E-state index in [4.69, 9.17) is 9.47 Å². The van der Waals surface area contributed by atoms with Gasteiger partial charge in [-0.2, -0.15) is 0 Å². The molecule has 0 unspecified atom stereocenters. The summed E-state index contributed by atoms with van der Waals surface area (Å²) in [6, 6.07) is 0. The van der Waals surface area contributed by atoms with Crippen LogP contribution in [0, 0.1) is 35.5 Å². The van der Waals surface area contributed by atoms with Crippen molar-refractivity contribution in [3.63, 3.8) is 0 Å². The van der Waals surface area contributed by atoms with Gasteiger partial charge in [-0.05, 0) is 61.2 Å². The Morgan fingerprint density at radius 2 is 1.07 bits per heavy atom. The van der Waals surface area contributed by atoms with Crippen LogP contribution in [0.15, 0.2) is 10.2 Å². The van der Waals surface area contributed by atoms with E-state index < -0.39 is 12.2 Å². The van der Waals surface area contributed by atoms with Crippen LogP contribution in [-0.4, -0.2) is 24.4 Å². The van der Waals surface area contributed by atoms with Crippen molar-refractivity contribution in [2.24, 2.45) is 45.7 Å². The average molecular weight is 395 g/mol. The molecule has 0 saturated heterocycles. The number of nitrogens with zero attached hydrogens (tertiary/aromatic N) is 2. The molecular formula is C22H38N2O4. The second kappa shape index (κ2) is 10.4. The average Bonchev–Trinajstić information content (AvgIpc) is 2.59. The first kappa shape index (κ1) is 22.8. The fourth-order valence-electron chi connectivity index (χ4n) is 4.89. The van der Waals surface area contributed by atoms with Crippen LogP contribution in [0.5, 0.6) is 0 Å². The highest BCUT2D eigenvalue weighted by Gasteiger charge is 2.35. The monoisotopic (exact) mass is 394 g/mol. The molecule has 0 aromatic carbocycles. The molecule has 160 valence electrons. The molecule has 6 nitrogen and oxygen atoms in total. The minimum absolute atomic E-state index is 0.157. The zero-order chi connectivity index (χ0) is 20.8. The normalized spacial score (nSPS) is 34.0. The number of amides is 2. The molecule has 2 aliphatic rings. The lowest BCUT2D eigenvalue weighted by Gasteiger charge is -2.36. The van der Waals surface area contributed by atoms with Gasteiger partial charge in [0, 0.05) is 0 Å². The maximum atomic E-state index is 12.1. The van der Waals surface area contributed by atoms with Crippen molar-refractivity contribution in [1.29, 1.82) is 0 Å². The molecule has 6 heteroatoms. The molecule has 0 N–H and O–H groups in total. The number of ether oxygens (including phenoxy) is 2. The molecule has 0 aromatic rings. The summed E-state index contributed by atoms with van der Waals surface area (Å²) >= 11 is 0. The van der Waals surface area contributed by atoms with Gasteiger partial charge in [-0.25, -0.2) is 9.59 Å². The number of azo groups is 1. The third-order valence-corrected chi connectivity index (χ3v) is 6.64. The van der Waals surface area contributed by atoms with Crippen LogP contribution in [0.3, 0.4) is 0 Å². The Bertz CT molecular complexity index is 513. The van der Waals surface area contributed by atoms with E-state index in [1.54, 1.807) is 0 Å². The molecule has 0 heterocycles. The zero-order valence-corrected chi connectivity index (χ0v) is 18.4. The number of hydrogen-bond donors (Lipinski definition) is 0. The maximum Gasteiger partial charge on any atom is 0.452 e. The Morgan fingerprint density at radius 3 is 1.39 bits per heavy atom. The van der Waals surface area contributed by atoms with E-state index in [0.29, 0.717) is 35.5 Å². The van der Waals surface area contributed by atoms with Crippen molar-refractivity contribution < 1.29 is 19.1 Å². The molecule has 0 bridgehead atoms. The molecular weight excluding hydrogens is 356 g/mol. The summed E-state index contributed by atoms with van der Waals surface area (Å²) in [6.07, 6.45) is 4.18. The van der Waals surface area contributed by atoms with Crippen LogP contribution < -0.4 is 0 Å². The van der Waals surface area contributed by atoms with Crippen molar-refractivity contribution >= 4 is 12.2 Å². The molecule has 0 radical (unpaired) electrons. The minimum atomic E-state index is -0.792. The standard InChI is InChI=1S/C22H38N2O4/c1-13(2)17-9-7-15(5)11-19(17)27-21(25)23-24-22(26)28-20-12-16(6)8-10-18(20)14(3)4/h13-20H,7-12H2,1-6H3/t15-,16+,17-,18-,19-,20-/m1/s1. The van der Waals surface area contributed by atoms with Gasteiger partial charge in [0.15, 0.2) is 0 Å². The molecule has 0 spiro atoms. The quantitative estimate of drug-likeness (QED) is 0.501. The lowest BCUT2D eigenvalue weighted by Crippen LogP contribution is -2.35. The Balaban J connectivity index is 1.89. The molecule has 2 aliphatic carbocycles. The van der Waals surface area contributed by atoms with Crippen molar-refractivity contribution in [2.45, 2.75) is 92.3 Å². The summed E-state index contributed by atoms with van der Waals surface area (Å²) < 4.78 is 11.1. The topological polar surface area (TPSA) is 77.3 Å². The van der Waals surface area contributed by atoms with Crippen LogP contribution in [-0.2, 0) is 9.47 Å². The Labute approximate surface area is 169 Å². The van der Waals surface area contributed by atoms with E-state index in [9.17, 15) is 9.59 Å². The zero-order valence-electron chi connectivity index (χ0n) is 18.4. The smallest absolute Gasteiger partial charge is 0.443 e. The van der Waals surface area contributed by atoms with Gasteiger partial charge < -0.3 is 9.47 Å². The van der Waals surface area contributed by atoms with E-state index in [1.807, 2.05) is 0 Å². The summed E-state index contributed by atoms with van der Waals surface area (Å²) in [5, 5.41) is 6.96. The number of carbonyl (C=O) groups excluding carboxylic acids is 2. The van der Waals surface area contributed by atoms with Crippen LogP contribution in [0.4, 0.5) is 9.59 Å². The summed E-state index contributed by atoms with van der Waals surface area (Å²) in [5.41, 5.74) is 0. The summed E-state index contributed by atoms with van der Waals surface area (Å²) in [7, 11) is 0. The fourth-order valence-corrected chi connectivity index (χ4v) is 4.89. The molecule has 2 saturated carbocycles. The van der Waals surface area contributed by atoms with Crippen molar-refractivity contribution in [2.75, 3.05) is 0 Å². The van der Waals surface area contributed by atoms with Gasteiger partial charge in [-0.15, -0.1) is 0 Å². The molecule has 0 aliphatic heterocycles. The maximum absolute atomic E-state index is 12.1. The second-order valence-corrected chi connectivity index (χ2v) is 9.70. The highest BCUT2D eigenvalue weighted by Crippen LogP contribution is 2.36. The van der Waals surface area contributed by atoms with Gasteiger partial charge in [-0.1, -0.05) is 64.6 Å². The van der Waals surface area contributed by atoms with E-state index in [-0.39, 0.29) is 12.2 Å². The van der Waals surface area contributed by atoms with Gasteiger partial charge in [0.1, 0.15) is 12.2 Å². The van der Waals surface area contributed by atoms with Gasteiger partial charge >= 0.3 is 12.2 Å². The van der Waals surface area contributed by atoms with E-state index in [1.165, 1.54) is 0 Å². The van der Waals surface area contributed by atoms with E-state index in [2.05, 4.69) is 51.8 Å². The first-order valence-corrected chi connectivity index (χ1v) is 11.0. The number of rotatable bonds is 4. The van der Waals surface area contributed by atoms with E-state index in [0.717, 1.165) is 38.5 Å². The Hall–Kier alpha value is -1.46. The van der Waals surface area contributed by atoms with Crippen molar-refractivity contribution in [3.05, 3.63) is 0 Å². The van der Waals surface area contributed by atoms with Crippen LogP contribution in [0.25, 0.3) is 0 Å². The van der Waals surface area contributed by atoms with Crippen LogP contribution >= 0.6 is 0 Å². The van der Waals surface area contributed by atoms with E-state index >= 15 is 0 Å². The molecule has 0 aromatic heterocycles. The van der Waals surface area contributed by atoms with Crippen molar-refractivity contribution in [1.82, 2.24) is 0 Å². The SMILES string of the molecule is CC(C)[C@H]1CC[C@@H](C)C[C@H]1OC(=O)N=NC(=O)O[C@@H]1C[C@@H](C)CC[C@@H]1C(C)C. The third kappa shape index (κ3) is 6.56. The van der Waals surface area contributed by atoms with Gasteiger partial charge in [-0.3, -0.25) is 0 Å². The largest absolute Gasteiger partial charge is 0.452 e. The summed E-state index contributed by atoms with van der Waals surface area (Å²) in [4.78, 5) is 24.2. The molecule has 2 rings (SSSR count). The first-order valence-electron chi connectivity index (χ1n) is 11.0. The Morgan fingerprint density at radius 1 is 0.714 bits per heavy atom. The lowest BCUT2D eigenvalue weighted by molar-refractivity contribution is 0.00559. The van der Waals surface area contributed by atoms with Crippen LogP contribution in [0.2, 0.25) is 0 Å². The predicted octanol–water partition coefficient (Wildman–Crippen LogP) is 6.63. The first-order chi connectivity index (χ1) is 13.2. The highest BCUT2D eigenvalue weighted by atomic mass is 16.6. The van der Waals surface area contributed by atoms with Gasteiger partial charge in [0.2, 0.25) is 0 Å². The molecule has 2 fully saturated rings. The highest BCUT2D eigenvalue weighted by molar-refractivity contribution is 5.73. The molecule has 2 amide bonds. The minimum Gasteiger partial charge on any atom is -0.443 e. The summed E-state index contributed by atoms with van der Waals surface area (Å²) in [6.45, 7) is 12.9. The number of hydrogen-bond acceptors (Lipinski definition) is 4. The predicted molar refractivity (Wildman–Crippen MR) is 108 cm³/mol. The lowest BCUT2D eigenvalue weighted by atomic mass is 9.75. The Kier molecular flexibility index (Phi) is 8.44. The molecule has 28 heavy (non-hydrogen) atoms. The molecule has 6 atom stereocenters. The number of carbonyl (C=O) groups is 2. The van der Waals surface area contributed by atoms with Crippen LogP contribution in [0.1, 0.15) is 80.1 Å². The van der Waals surface area contributed by atoms with Gasteiger partial charge in [0.25, 0.3) is 0 Å². The van der Waals surface area contributed by atoms with Crippen molar-refractivity contribution in [3.8, 4) is 0 Å². The fraction of sp³-hybridized carbons (Fsp3) is 0.909. The third-order valence-electron chi connectivity index (χ3n) is 6.64. The van der Waals surface area contributed by atoms with Gasteiger partial charge in [0.05, 0.1) is 0 Å². The second-order valence-electron chi connectivity index (χ2n) is 9.70.